The van der Waals surface area contributed by atoms with E-state index in [1.54, 1.807) is 17.5 Å². The maximum absolute atomic E-state index is 5.90. The number of hydrogen-bond acceptors (Lipinski definition) is 5. The van der Waals surface area contributed by atoms with Gasteiger partial charge in [0.2, 0.25) is 5.28 Å². The predicted octanol–water partition coefficient (Wildman–Crippen LogP) is 3.89. The predicted molar refractivity (Wildman–Crippen MR) is 70.8 cm³/mol. The molecule has 84 valence electrons. The molecule has 0 spiro atoms. The van der Waals surface area contributed by atoms with Gasteiger partial charge in [0.05, 0.1) is 0 Å². The third-order valence-corrected chi connectivity index (χ3v) is 4.03. The normalized spacial score (nSPS) is 10.9. The molecular weight excluding hydrogens is 274 g/mol. The fourth-order valence-electron chi connectivity index (χ4n) is 1.39. The molecule has 3 aromatic heterocycles. The van der Waals surface area contributed by atoms with Crippen LogP contribution in [0.1, 0.15) is 0 Å². The molecule has 0 N–H and O–H groups in total. The van der Waals surface area contributed by atoms with Crippen molar-refractivity contribution in [2.24, 2.45) is 0 Å². The summed E-state index contributed by atoms with van der Waals surface area (Å²) in [5, 5.41) is 5.03. The van der Waals surface area contributed by atoms with E-state index in [9.17, 15) is 0 Å². The van der Waals surface area contributed by atoms with Gasteiger partial charge >= 0.3 is 0 Å². The Morgan fingerprint density at radius 2 is 2.12 bits per heavy atom. The lowest BCUT2D eigenvalue weighted by Crippen LogP contribution is -1.87. The largest absolute Gasteiger partial charge is 0.250 e. The maximum atomic E-state index is 5.90. The third-order valence-electron chi connectivity index (χ3n) is 2.10. The summed E-state index contributed by atoms with van der Waals surface area (Å²) >= 11 is 8.95. The lowest BCUT2D eigenvalue weighted by molar-refractivity contribution is 1.08. The first-order valence-corrected chi connectivity index (χ1v) is 6.90. The quantitative estimate of drug-likeness (QED) is 0.527. The van der Waals surface area contributed by atoms with Crippen molar-refractivity contribution in [2.75, 3.05) is 0 Å². The molecule has 6 heteroatoms. The second-order valence-electron chi connectivity index (χ2n) is 3.21. The topological polar surface area (TPSA) is 38.7 Å². The molecule has 3 nitrogen and oxygen atoms in total. The Morgan fingerprint density at radius 1 is 1.18 bits per heavy atom. The van der Waals surface area contributed by atoms with Crippen molar-refractivity contribution < 1.29 is 0 Å². The first kappa shape index (κ1) is 11.0. The summed E-state index contributed by atoms with van der Waals surface area (Å²) in [4.78, 5) is 13.6. The minimum atomic E-state index is 0.276. The van der Waals surface area contributed by atoms with Crippen LogP contribution in [-0.2, 0) is 0 Å². The highest BCUT2D eigenvalue weighted by Gasteiger charge is 2.09. The van der Waals surface area contributed by atoms with Gasteiger partial charge in [-0.2, -0.15) is 0 Å². The number of halogens is 1. The molecule has 0 amide bonds. The highest BCUT2D eigenvalue weighted by molar-refractivity contribution is 7.99. The number of nitrogens with zero attached hydrogens (tertiary/aromatic N) is 3. The molecule has 0 aliphatic heterocycles. The van der Waals surface area contributed by atoms with Crippen LogP contribution in [0.4, 0.5) is 0 Å². The Kier molecular flexibility index (Phi) is 2.96. The van der Waals surface area contributed by atoms with Crippen LogP contribution in [0.25, 0.3) is 10.2 Å². The second-order valence-corrected chi connectivity index (χ2v) is 5.45. The number of rotatable bonds is 2. The van der Waals surface area contributed by atoms with Gasteiger partial charge in [-0.25, -0.2) is 15.0 Å². The zero-order chi connectivity index (χ0) is 11.7. The van der Waals surface area contributed by atoms with Crippen molar-refractivity contribution in [2.45, 2.75) is 10.1 Å². The Morgan fingerprint density at radius 3 is 2.94 bits per heavy atom. The summed E-state index contributed by atoms with van der Waals surface area (Å²) in [6.07, 6.45) is 1.76. The van der Waals surface area contributed by atoms with E-state index < -0.39 is 0 Å². The van der Waals surface area contributed by atoms with E-state index in [1.807, 2.05) is 29.6 Å². The lowest BCUT2D eigenvalue weighted by atomic mass is 10.4. The van der Waals surface area contributed by atoms with Crippen molar-refractivity contribution in [1.82, 2.24) is 15.0 Å². The maximum Gasteiger partial charge on any atom is 0.224 e. The standard InChI is InChI=1S/C11H6ClN3S2/c12-11-14-9-7(4-6-16-9)10(15-11)17-8-3-1-2-5-13-8/h1-6H. The van der Waals surface area contributed by atoms with Gasteiger partial charge in [0.25, 0.3) is 0 Å². The van der Waals surface area contributed by atoms with Crippen molar-refractivity contribution in [3.8, 4) is 0 Å². The average molecular weight is 280 g/mol. The molecule has 0 fully saturated rings. The summed E-state index contributed by atoms with van der Waals surface area (Å²) in [5.41, 5.74) is 0. The molecule has 3 aromatic rings. The minimum absolute atomic E-state index is 0.276. The summed E-state index contributed by atoms with van der Waals surface area (Å²) in [6.45, 7) is 0. The Balaban J connectivity index is 2.08. The van der Waals surface area contributed by atoms with Gasteiger partial charge in [-0.3, -0.25) is 0 Å². The zero-order valence-electron chi connectivity index (χ0n) is 8.50. The van der Waals surface area contributed by atoms with Gasteiger partial charge in [0.15, 0.2) is 0 Å². The van der Waals surface area contributed by atoms with Gasteiger partial charge in [0, 0.05) is 11.6 Å². The fourth-order valence-corrected chi connectivity index (χ4v) is 3.35. The van der Waals surface area contributed by atoms with Crippen LogP contribution in [0, 0.1) is 0 Å². The molecule has 3 rings (SSSR count). The molecule has 0 aliphatic rings. The zero-order valence-corrected chi connectivity index (χ0v) is 10.9. The molecule has 0 saturated carbocycles. The molecule has 0 aromatic carbocycles. The third kappa shape index (κ3) is 2.26. The van der Waals surface area contributed by atoms with Gasteiger partial charge in [-0.15, -0.1) is 11.3 Å². The van der Waals surface area contributed by atoms with Crippen molar-refractivity contribution in [1.29, 1.82) is 0 Å². The summed E-state index contributed by atoms with van der Waals surface area (Å²) in [5.74, 6) is 0. The number of fused-ring (bicyclic) bond motifs is 1. The molecule has 3 heterocycles. The number of thiophene rings is 1. The van der Waals surface area contributed by atoms with E-state index >= 15 is 0 Å². The summed E-state index contributed by atoms with van der Waals surface area (Å²) < 4.78 is 0. The van der Waals surface area contributed by atoms with Gasteiger partial charge in [-0.1, -0.05) is 6.07 Å². The molecule has 0 aliphatic carbocycles. The van der Waals surface area contributed by atoms with Gasteiger partial charge < -0.3 is 0 Å². The Labute approximate surface area is 111 Å². The van der Waals surface area contributed by atoms with Gasteiger partial charge in [-0.05, 0) is 46.9 Å². The van der Waals surface area contributed by atoms with E-state index in [0.29, 0.717) is 0 Å². The van der Waals surface area contributed by atoms with Crippen LogP contribution in [0.2, 0.25) is 5.28 Å². The average Bonchev–Trinajstić information content (AvgIpc) is 2.78. The van der Waals surface area contributed by atoms with Crippen LogP contribution in [0.3, 0.4) is 0 Å². The van der Waals surface area contributed by atoms with Crippen molar-refractivity contribution in [3.63, 3.8) is 0 Å². The Hall–Kier alpha value is -1.17. The number of aromatic nitrogens is 3. The molecule has 17 heavy (non-hydrogen) atoms. The fraction of sp³-hybridized carbons (Fsp3) is 0. The highest BCUT2D eigenvalue weighted by atomic mass is 35.5. The first-order chi connectivity index (χ1) is 8.33. The van der Waals surface area contributed by atoms with Crippen LogP contribution in [0.15, 0.2) is 45.9 Å². The number of hydrogen-bond donors (Lipinski definition) is 0. The molecular formula is C11H6ClN3S2. The number of pyridine rings is 1. The van der Waals surface area contributed by atoms with E-state index in [2.05, 4.69) is 15.0 Å². The van der Waals surface area contributed by atoms with Crippen molar-refractivity contribution >= 4 is 44.9 Å². The van der Waals surface area contributed by atoms with E-state index in [4.69, 9.17) is 11.6 Å². The molecule has 0 unspecified atom stereocenters. The SMILES string of the molecule is Clc1nc(Sc2ccccn2)c2ccsc2n1. The van der Waals surface area contributed by atoms with Crippen LogP contribution in [0.5, 0.6) is 0 Å². The van der Waals surface area contributed by atoms with E-state index in [-0.39, 0.29) is 5.28 Å². The molecule has 0 radical (unpaired) electrons. The first-order valence-electron chi connectivity index (χ1n) is 4.82. The monoisotopic (exact) mass is 279 g/mol. The molecule has 0 atom stereocenters. The smallest absolute Gasteiger partial charge is 0.224 e. The summed E-state index contributed by atoms with van der Waals surface area (Å²) in [6, 6.07) is 7.78. The Bertz CT molecular complexity index is 654. The van der Waals surface area contributed by atoms with Crippen LogP contribution < -0.4 is 0 Å². The molecule has 0 saturated heterocycles. The van der Waals surface area contributed by atoms with Crippen LogP contribution in [-0.4, -0.2) is 15.0 Å². The highest BCUT2D eigenvalue weighted by Crippen LogP contribution is 2.33. The minimum Gasteiger partial charge on any atom is -0.250 e. The molecule has 0 bridgehead atoms. The van der Waals surface area contributed by atoms with E-state index in [1.165, 1.54) is 11.8 Å². The second kappa shape index (κ2) is 4.60. The summed E-state index contributed by atoms with van der Waals surface area (Å²) in [7, 11) is 0. The van der Waals surface area contributed by atoms with Gasteiger partial charge in [0.1, 0.15) is 14.9 Å². The van der Waals surface area contributed by atoms with Crippen LogP contribution >= 0.6 is 34.7 Å². The van der Waals surface area contributed by atoms with E-state index in [0.717, 1.165) is 20.3 Å². The van der Waals surface area contributed by atoms with Crippen molar-refractivity contribution in [3.05, 3.63) is 41.1 Å². The lowest BCUT2D eigenvalue weighted by Gasteiger charge is -2.01.